The van der Waals surface area contributed by atoms with Crippen LogP contribution in [0.3, 0.4) is 0 Å². The van der Waals surface area contributed by atoms with Crippen molar-refractivity contribution in [3.8, 4) is 0 Å². The van der Waals surface area contributed by atoms with Crippen LogP contribution in [0.25, 0.3) is 0 Å². The molecule has 0 aliphatic heterocycles. The first-order valence-corrected chi connectivity index (χ1v) is 6.20. The minimum atomic E-state index is -0.0683. The Kier molecular flexibility index (Phi) is 4.11. The van der Waals surface area contributed by atoms with Crippen molar-refractivity contribution < 1.29 is 4.42 Å². The van der Waals surface area contributed by atoms with Crippen molar-refractivity contribution in [2.45, 2.75) is 13.0 Å². The Balaban J connectivity index is 2.43. The van der Waals surface area contributed by atoms with Crippen LogP contribution in [-0.2, 0) is 0 Å². The molecule has 2 rings (SSSR count). The predicted octanol–water partition coefficient (Wildman–Crippen LogP) is 4.29. The molecule has 1 aromatic heterocycles. The Morgan fingerprint density at radius 3 is 2.71 bits per heavy atom. The molecule has 0 spiro atoms. The summed E-state index contributed by atoms with van der Waals surface area (Å²) in [6.07, 6.45) is 1.65. The van der Waals surface area contributed by atoms with Crippen LogP contribution in [0.15, 0.2) is 41.0 Å². The molecule has 90 valence electrons. The van der Waals surface area contributed by atoms with Gasteiger partial charge in [0.15, 0.2) is 0 Å². The van der Waals surface area contributed by atoms with Gasteiger partial charge in [0, 0.05) is 0 Å². The Bertz CT molecular complexity index is 482. The Hall–Kier alpha value is -0.960. The first-order chi connectivity index (χ1) is 8.24. The van der Waals surface area contributed by atoms with Crippen LogP contribution in [0, 0.1) is 0 Å². The molecular weight excluding hydrogens is 257 g/mol. The van der Waals surface area contributed by atoms with Crippen LogP contribution in [-0.4, -0.2) is 6.54 Å². The van der Waals surface area contributed by atoms with Gasteiger partial charge in [0.25, 0.3) is 0 Å². The molecule has 0 bridgehead atoms. The summed E-state index contributed by atoms with van der Waals surface area (Å²) in [6.45, 7) is 2.85. The van der Waals surface area contributed by atoms with Gasteiger partial charge < -0.3 is 9.73 Å². The smallest absolute Gasteiger partial charge is 0.125 e. The lowest BCUT2D eigenvalue weighted by Crippen LogP contribution is -2.21. The SMILES string of the molecule is CCNC(c1ccco1)c1cccc(Cl)c1Cl. The first kappa shape index (κ1) is 12.5. The zero-order valence-corrected chi connectivity index (χ0v) is 10.9. The maximum absolute atomic E-state index is 6.23. The molecule has 4 heteroatoms. The quantitative estimate of drug-likeness (QED) is 0.896. The third-order valence-electron chi connectivity index (χ3n) is 2.53. The lowest BCUT2D eigenvalue weighted by molar-refractivity contribution is 0.452. The topological polar surface area (TPSA) is 25.2 Å². The zero-order valence-electron chi connectivity index (χ0n) is 9.41. The first-order valence-electron chi connectivity index (χ1n) is 5.44. The second-order valence-corrected chi connectivity index (χ2v) is 4.43. The van der Waals surface area contributed by atoms with E-state index in [2.05, 4.69) is 5.32 Å². The van der Waals surface area contributed by atoms with Gasteiger partial charge in [-0.3, -0.25) is 0 Å². The highest BCUT2D eigenvalue weighted by atomic mass is 35.5. The van der Waals surface area contributed by atoms with Crippen molar-refractivity contribution in [2.24, 2.45) is 0 Å². The fraction of sp³-hybridized carbons (Fsp3) is 0.231. The average molecular weight is 270 g/mol. The summed E-state index contributed by atoms with van der Waals surface area (Å²) < 4.78 is 5.43. The van der Waals surface area contributed by atoms with E-state index in [1.54, 1.807) is 12.3 Å². The van der Waals surface area contributed by atoms with E-state index < -0.39 is 0 Å². The summed E-state index contributed by atoms with van der Waals surface area (Å²) in [4.78, 5) is 0. The maximum atomic E-state index is 6.23. The minimum Gasteiger partial charge on any atom is -0.467 e. The monoisotopic (exact) mass is 269 g/mol. The van der Waals surface area contributed by atoms with Crippen LogP contribution in [0.2, 0.25) is 10.0 Å². The van der Waals surface area contributed by atoms with E-state index in [1.807, 2.05) is 31.2 Å². The molecule has 0 fully saturated rings. The van der Waals surface area contributed by atoms with Crippen molar-refractivity contribution in [1.82, 2.24) is 5.32 Å². The summed E-state index contributed by atoms with van der Waals surface area (Å²) in [6, 6.07) is 9.32. The number of nitrogens with one attached hydrogen (secondary N) is 1. The van der Waals surface area contributed by atoms with Gasteiger partial charge >= 0.3 is 0 Å². The molecule has 1 aromatic carbocycles. The van der Waals surface area contributed by atoms with Gasteiger partial charge in [-0.15, -0.1) is 0 Å². The number of hydrogen-bond donors (Lipinski definition) is 1. The van der Waals surface area contributed by atoms with Crippen LogP contribution < -0.4 is 5.32 Å². The van der Waals surface area contributed by atoms with E-state index in [9.17, 15) is 0 Å². The van der Waals surface area contributed by atoms with Gasteiger partial charge in [0.05, 0.1) is 22.4 Å². The number of hydrogen-bond acceptors (Lipinski definition) is 2. The highest BCUT2D eigenvalue weighted by molar-refractivity contribution is 6.42. The van der Waals surface area contributed by atoms with E-state index in [4.69, 9.17) is 27.6 Å². The molecule has 0 aliphatic rings. The van der Waals surface area contributed by atoms with Crippen molar-refractivity contribution in [3.63, 3.8) is 0 Å². The molecule has 2 aromatic rings. The molecule has 0 amide bonds. The molecule has 1 unspecified atom stereocenters. The van der Waals surface area contributed by atoms with Crippen molar-refractivity contribution in [3.05, 3.63) is 58.0 Å². The van der Waals surface area contributed by atoms with Gasteiger partial charge in [0.1, 0.15) is 5.76 Å². The van der Waals surface area contributed by atoms with Crippen LogP contribution in [0.4, 0.5) is 0 Å². The second-order valence-electron chi connectivity index (χ2n) is 3.65. The molecule has 0 saturated carbocycles. The maximum Gasteiger partial charge on any atom is 0.125 e. The fourth-order valence-electron chi connectivity index (χ4n) is 1.77. The molecule has 0 radical (unpaired) electrons. The lowest BCUT2D eigenvalue weighted by atomic mass is 10.0. The number of furan rings is 1. The molecule has 0 aliphatic carbocycles. The van der Waals surface area contributed by atoms with Crippen LogP contribution >= 0.6 is 23.2 Å². The van der Waals surface area contributed by atoms with Gasteiger partial charge in [-0.1, -0.05) is 42.3 Å². The summed E-state index contributed by atoms with van der Waals surface area (Å²) in [5, 5.41) is 4.45. The normalized spacial score (nSPS) is 12.6. The van der Waals surface area contributed by atoms with E-state index in [-0.39, 0.29) is 6.04 Å². The summed E-state index contributed by atoms with van der Waals surface area (Å²) in [5.74, 6) is 0.830. The van der Waals surface area contributed by atoms with E-state index in [0.717, 1.165) is 17.9 Å². The minimum absolute atomic E-state index is 0.0683. The number of halogens is 2. The summed E-state index contributed by atoms with van der Waals surface area (Å²) in [5.41, 5.74) is 0.927. The van der Waals surface area contributed by atoms with Crippen molar-refractivity contribution in [1.29, 1.82) is 0 Å². The van der Waals surface area contributed by atoms with E-state index >= 15 is 0 Å². The fourth-order valence-corrected chi connectivity index (χ4v) is 2.18. The molecule has 1 heterocycles. The van der Waals surface area contributed by atoms with Gasteiger partial charge in [-0.25, -0.2) is 0 Å². The molecule has 0 saturated heterocycles. The number of benzene rings is 1. The molecule has 1 N–H and O–H groups in total. The highest BCUT2D eigenvalue weighted by Crippen LogP contribution is 2.33. The van der Waals surface area contributed by atoms with Crippen molar-refractivity contribution in [2.75, 3.05) is 6.54 Å². The van der Waals surface area contributed by atoms with Crippen LogP contribution in [0.5, 0.6) is 0 Å². The largest absolute Gasteiger partial charge is 0.467 e. The Labute approximate surface area is 111 Å². The summed E-state index contributed by atoms with van der Waals surface area (Å²) >= 11 is 12.3. The van der Waals surface area contributed by atoms with Crippen LogP contribution in [0.1, 0.15) is 24.3 Å². The Morgan fingerprint density at radius 2 is 2.06 bits per heavy atom. The van der Waals surface area contributed by atoms with Crippen molar-refractivity contribution >= 4 is 23.2 Å². The van der Waals surface area contributed by atoms with Gasteiger partial charge in [-0.05, 0) is 30.3 Å². The Morgan fingerprint density at radius 1 is 1.24 bits per heavy atom. The van der Waals surface area contributed by atoms with Gasteiger partial charge in [-0.2, -0.15) is 0 Å². The molecular formula is C13H13Cl2NO. The second kappa shape index (κ2) is 5.58. The van der Waals surface area contributed by atoms with E-state index in [0.29, 0.717) is 10.0 Å². The zero-order chi connectivity index (χ0) is 12.3. The van der Waals surface area contributed by atoms with E-state index in [1.165, 1.54) is 0 Å². The molecule has 1 atom stereocenters. The average Bonchev–Trinajstić information content (AvgIpc) is 2.84. The standard InChI is InChI=1S/C13H13Cl2NO/c1-2-16-13(11-7-4-8-17-11)9-5-3-6-10(14)12(9)15/h3-8,13,16H,2H2,1H3. The predicted molar refractivity (Wildman–Crippen MR) is 70.7 cm³/mol. The third-order valence-corrected chi connectivity index (χ3v) is 3.36. The summed E-state index contributed by atoms with van der Waals surface area (Å²) in [7, 11) is 0. The molecule has 2 nitrogen and oxygen atoms in total. The highest BCUT2D eigenvalue weighted by Gasteiger charge is 2.19. The number of rotatable bonds is 4. The third kappa shape index (κ3) is 2.65. The lowest BCUT2D eigenvalue weighted by Gasteiger charge is -2.17. The van der Waals surface area contributed by atoms with Gasteiger partial charge in [0.2, 0.25) is 0 Å². The molecule has 17 heavy (non-hydrogen) atoms.